The summed E-state index contributed by atoms with van der Waals surface area (Å²) in [6, 6.07) is 17.1. The number of nitrogens with zero attached hydrogens (tertiary/aromatic N) is 4. The van der Waals surface area contributed by atoms with Crippen LogP contribution in [0.15, 0.2) is 59.6 Å². The number of hydrogen-bond acceptors (Lipinski definition) is 7. The minimum atomic E-state index is -0.568. The van der Waals surface area contributed by atoms with Crippen LogP contribution in [0.3, 0.4) is 0 Å². The number of benzene rings is 1. The number of carbonyl (C=O) groups is 2. The van der Waals surface area contributed by atoms with Crippen molar-refractivity contribution in [1.29, 1.82) is 0 Å². The summed E-state index contributed by atoms with van der Waals surface area (Å²) in [6.07, 6.45) is -0.396. The fourth-order valence-corrected chi connectivity index (χ4v) is 3.98. The summed E-state index contributed by atoms with van der Waals surface area (Å²) >= 11 is 1.58. The molecule has 2 aromatic heterocycles. The standard InChI is InChI=1S/C24H25N5O3S/c1-24(2,3)32-23(31)29-13-17-9-10-18(25-19(17)14-29)22(30)26-20-11-12-21(28-27-20)33-15-16-7-5-4-6-8-16/h4-12H,13-15H2,1-3H3,(H,26,27,30). The quantitative estimate of drug-likeness (QED) is 0.549. The second-order valence-corrected chi connectivity index (χ2v) is 9.62. The van der Waals surface area contributed by atoms with Crippen LogP contribution in [0, 0.1) is 0 Å². The molecule has 2 amide bonds. The van der Waals surface area contributed by atoms with Crippen LogP contribution in [0.4, 0.5) is 10.6 Å². The van der Waals surface area contributed by atoms with Crippen molar-refractivity contribution in [3.8, 4) is 0 Å². The Bertz CT molecular complexity index is 1150. The lowest BCUT2D eigenvalue weighted by Gasteiger charge is -2.23. The maximum Gasteiger partial charge on any atom is 0.410 e. The normalized spacial score (nSPS) is 12.9. The molecular weight excluding hydrogens is 438 g/mol. The van der Waals surface area contributed by atoms with Gasteiger partial charge in [-0.05, 0) is 50.1 Å². The molecule has 170 valence electrons. The summed E-state index contributed by atoms with van der Waals surface area (Å²) in [7, 11) is 0. The number of amides is 2. The highest BCUT2D eigenvalue weighted by Gasteiger charge is 2.29. The van der Waals surface area contributed by atoms with Gasteiger partial charge in [0.05, 0.1) is 18.8 Å². The molecule has 0 spiro atoms. The molecule has 33 heavy (non-hydrogen) atoms. The first-order chi connectivity index (χ1) is 15.8. The number of pyridine rings is 1. The Morgan fingerprint density at radius 3 is 2.52 bits per heavy atom. The molecule has 0 fully saturated rings. The Hall–Kier alpha value is -3.46. The third-order valence-corrected chi connectivity index (χ3v) is 5.76. The molecule has 3 heterocycles. The molecule has 0 aliphatic carbocycles. The van der Waals surface area contributed by atoms with E-state index in [1.165, 1.54) is 5.56 Å². The van der Waals surface area contributed by atoms with Crippen LogP contribution in [0.5, 0.6) is 0 Å². The number of ether oxygens (including phenoxy) is 1. The first-order valence-corrected chi connectivity index (χ1v) is 11.5. The maximum absolute atomic E-state index is 12.7. The van der Waals surface area contributed by atoms with Crippen molar-refractivity contribution in [2.24, 2.45) is 0 Å². The molecule has 0 unspecified atom stereocenters. The van der Waals surface area contributed by atoms with Gasteiger partial charge in [-0.2, -0.15) is 0 Å². The molecule has 0 saturated heterocycles. The second-order valence-electron chi connectivity index (χ2n) is 8.62. The summed E-state index contributed by atoms with van der Waals surface area (Å²) in [6.45, 7) is 6.19. The fraction of sp³-hybridized carbons (Fsp3) is 0.292. The van der Waals surface area contributed by atoms with Crippen molar-refractivity contribution in [3.63, 3.8) is 0 Å². The molecule has 0 bridgehead atoms. The van der Waals surface area contributed by atoms with Gasteiger partial charge in [-0.15, -0.1) is 10.2 Å². The average molecular weight is 464 g/mol. The van der Waals surface area contributed by atoms with Gasteiger partial charge in [0.2, 0.25) is 0 Å². The number of anilines is 1. The van der Waals surface area contributed by atoms with E-state index >= 15 is 0 Å². The second kappa shape index (κ2) is 9.58. The van der Waals surface area contributed by atoms with Crippen LogP contribution >= 0.6 is 11.8 Å². The number of nitrogens with one attached hydrogen (secondary N) is 1. The van der Waals surface area contributed by atoms with Gasteiger partial charge < -0.3 is 10.1 Å². The molecule has 3 aromatic rings. The summed E-state index contributed by atoms with van der Waals surface area (Å²) in [5.41, 5.74) is 2.48. The Labute approximate surface area is 196 Å². The molecule has 0 radical (unpaired) electrons. The van der Waals surface area contributed by atoms with Crippen molar-refractivity contribution in [1.82, 2.24) is 20.1 Å². The van der Waals surface area contributed by atoms with E-state index in [1.807, 2.05) is 51.1 Å². The Morgan fingerprint density at radius 1 is 1.03 bits per heavy atom. The smallest absolute Gasteiger partial charge is 0.410 e. The van der Waals surface area contributed by atoms with Gasteiger partial charge in [-0.3, -0.25) is 9.69 Å². The number of hydrogen-bond donors (Lipinski definition) is 1. The molecule has 0 atom stereocenters. The van der Waals surface area contributed by atoms with E-state index in [9.17, 15) is 9.59 Å². The number of rotatable bonds is 5. The SMILES string of the molecule is CC(C)(C)OC(=O)N1Cc2ccc(C(=O)Nc3ccc(SCc4ccccc4)nn3)nc2C1. The van der Waals surface area contributed by atoms with Gasteiger partial charge in [0.1, 0.15) is 16.3 Å². The Balaban J connectivity index is 1.34. The van der Waals surface area contributed by atoms with E-state index in [4.69, 9.17) is 4.74 Å². The highest BCUT2D eigenvalue weighted by molar-refractivity contribution is 7.98. The van der Waals surface area contributed by atoms with Crippen molar-refractivity contribution < 1.29 is 14.3 Å². The van der Waals surface area contributed by atoms with Crippen LogP contribution in [-0.4, -0.2) is 37.7 Å². The van der Waals surface area contributed by atoms with Crippen molar-refractivity contribution >= 4 is 29.6 Å². The van der Waals surface area contributed by atoms with Crippen LogP contribution in [0.2, 0.25) is 0 Å². The van der Waals surface area contributed by atoms with Crippen LogP contribution in [0.1, 0.15) is 48.1 Å². The number of thioether (sulfide) groups is 1. The average Bonchev–Trinajstić information content (AvgIpc) is 3.22. The molecule has 4 rings (SSSR count). The predicted octanol–water partition coefficient (Wildman–Crippen LogP) is 4.67. The zero-order chi connectivity index (χ0) is 23.4. The molecule has 0 saturated carbocycles. The van der Waals surface area contributed by atoms with Crippen molar-refractivity contribution in [3.05, 3.63) is 77.1 Å². The van der Waals surface area contributed by atoms with E-state index in [2.05, 4.69) is 32.6 Å². The molecular formula is C24H25N5O3S. The number of carbonyl (C=O) groups excluding carboxylic acids is 2. The minimum Gasteiger partial charge on any atom is -0.444 e. The lowest BCUT2D eigenvalue weighted by atomic mass is 10.2. The summed E-state index contributed by atoms with van der Waals surface area (Å²) in [5, 5.41) is 11.8. The highest BCUT2D eigenvalue weighted by atomic mass is 32.2. The topological polar surface area (TPSA) is 97.3 Å². The molecule has 8 nitrogen and oxygen atoms in total. The van der Waals surface area contributed by atoms with E-state index in [-0.39, 0.29) is 11.6 Å². The van der Waals surface area contributed by atoms with Crippen LogP contribution in [-0.2, 0) is 23.6 Å². The van der Waals surface area contributed by atoms with Crippen molar-refractivity contribution in [2.45, 2.75) is 50.2 Å². The fourth-order valence-electron chi connectivity index (χ4n) is 3.21. The Kier molecular flexibility index (Phi) is 6.60. The van der Waals surface area contributed by atoms with Gasteiger partial charge in [0.25, 0.3) is 5.91 Å². The minimum absolute atomic E-state index is 0.254. The summed E-state index contributed by atoms with van der Waals surface area (Å²) in [4.78, 5) is 31.0. The maximum atomic E-state index is 12.7. The highest BCUT2D eigenvalue weighted by Crippen LogP contribution is 2.24. The van der Waals surface area contributed by atoms with Crippen molar-refractivity contribution in [2.75, 3.05) is 5.32 Å². The molecule has 1 aliphatic rings. The van der Waals surface area contributed by atoms with Gasteiger partial charge in [0, 0.05) is 5.75 Å². The lowest BCUT2D eigenvalue weighted by molar-refractivity contribution is 0.0240. The van der Waals surface area contributed by atoms with Gasteiger partial charge in [0.15, 0.2) is 5.82 Å². The first-order valence-electron chi connectivity index (χ1n) is 10.6. The van der Waals surface area contributed by atoms with E-state index in [1.54, 1.807) is 28.8 Å². The monoisotopic (exact) mass is 463 g/mol. The third-order valence-electron chi connectivity index (χ3n) is 4.77. The van der Waals surface area contributed by atoms with Crippen LogP contribution in [0.25, 0.3) is 0 Å². The Morgan fingerprint density at radius 2 is 1.82 bits per heavy atom. The predicted molar refractivity (Wildman–Crippen MR) is 126 cm³/mol. The molecule has 9 heteroatoms. The first kappa shape index (κ1) is 22.7. The third kappa shape index (κ3) is 6.07. The largest absolute Gasteiger partial charge is 0.444 e. The zero-order valence-electron chi connectivity index (χ0n) is 18.7. The summed E-state index contributed by atoms with van der Waals surface area (Å²) < 4.78 is 5.42. The lowest BCUT2D eigenvalue weighted by Crippen LogP contribution is -2.33. The van der Waals surface area contributed by atoms with E-state index < -0.39 is 11.7 Å². The molecule has 1 aromatic carbocycles. The summed E-state index contributed by atoms with van der Waals surface area (Å²) in [5.74, 6) is 0.759. The molecule has 1 aliphatic heterocycles. The van der Waals surface area contributed by atoms with Gasteiger partial charge in [-0.1, -0.05) is 48.2 Å². The van der Waals surface area contributed by atoms with Gasteiger partial charge in [-0.25, -0.2) is 9.78 Å². The zero-order valence-corrected chi connectivity index (χ0v) is 19.6. The number of aromatic nitrogens is 3. The number of fused-ring (bicyclic) bond motifs is 1. The molecule has 1 N–H and O–H groups in total. The van der Waals surface area contributed by atoms with Gasteiger partial charge >= 0.3 is 6.09 Å². The van der Waals surface area contributed by atoms with E-state index in [0.29, 0.717) is 24.6 Å². The van der Waals surface area contributed by atoms with Crippen LogP contribution < -0.4 is 5.32 Å². The van der Waals surface area contributed by atoms with E-state index in [0.717, 1.165) is 16.3 Å².